The van der Waals surface area contributed by atoms with Crippen LogP contribution in [0.15, 0.2) is 0 Å². The second kappa shape index (κ2) is 8.14. The van der Waals surface area contributed by atoms with Gasteiger partial charge < -0.3 is 11.3 Å². The third-order valence-electron chi connectivity index (χ3n) is 0.713. The number of rotatable bonds is 4. The van der Waals surface area contributed by atoms with Crippen LogP contribution in [0, 0.1) is 0 Å². The van der Waals surface area contributed by atoms with Gasteiger partial charge in [0.15, 0.2) is 0 Å². The molecule has 0 aliphatic carbocycles. The maximum Gasteiger partial charge on any atom is 1.00 e. The molecule has 0 aliphatic rings. The van der Waals surface area contributed by atoms with E-state index in [0.717, 1.165) is 6.29 Å². The van der Waals surface area contributed by atoms with Crippen molar-refractivity contribution in [3.8, 4) is 0 Å². The molecule has 0 rings (SSSR count). The fourth-order valence-corrected chi connectivity index (χ4v) is 0.337. The summed E-state index contributed by atoms with van der Waals surface area (Å²) in [6.45, 7) is 0. The molecule has 0 aliphatic heterocycles. The normalized spacial score (nSPS) is 7.56. The van der Waals surface area contributed by atoms with E-state index < -0.39 is 5.97 Å². The molecular weight excluding hydrogens is 131 g/mol. The number of aldehydes is 1. The average molecular weight is 140 g/mol. The van der Waals surface area contributed by atoms with Gasteiger partial charge in [-0.05, 0) is 6.42 Å². The van der Waals surface area contributed by atoms with Crippen molar-refractivity contribution >= 4 is 12.3 Å². The molecule has 0 spiro atoms. The van der Waals surface area contributed by atoms with Gasteiger partial charge in [0.1, 0.15) is 6.29 Å². The first-order chi connectivity index (χ1) is 3.77. The predicted molar refractivity (Wildman–Crippen MR) is 28.7 cm³/mol. The number of carboxylic acids is 1. The van der Waals surface area contributed by atoms with E-state index >= 15 is 0 Å². The van der Waals surface area contributed by atoms with Crippen molar-refractivity contribution in [2.75, 3.05) is 0 Å². The number of unbranched alkanes of at least 4 members (excludes halogenated alkanes) is 1. The largest absolute Gasteiger partial charge is 1.00 e. The standard InChI is InChI=1S/C5H8O3.Na.H/c6-4-2-1-3-5(7)8;;/h4H,1-3H2,(H,7,8);;/q;+1;-1. The van der Waals surface area contributed by atoms with Gasteiger partial charge in [-0.2, -0.15) is 0 Å². The summed E-state index contributed by atoms with van der Waals surface area (Å²) >= 11 is 0. The monoisotopic (exact) mass is 140 g/mol. The number of aliphatic carboxylic acids is 1. The smallest absolute Gasteiger partial charge is 1.00 e. The van der Waals surface area contributed by atoms with Gasteiger partial charge in [0, 0.05) is 12.8 Å². The van der Waals surface area contributed by atoms with Crippen molar-refractivity contribution in [1.82, 2.24) is 0 Å². The molecule has 0 heterocycles. The van der Waals surface area contributed by atoms with Crippen molar-refractivity contribution in [3.05, 3.63) is 0 Å². The summed E-state index contributed by atoms with van der Waals surface area (Å²) in [7, 11) is 0. The zero-order valence-corrected chi connectivity index (χ0v) is 7.46. The summed E-state index contributed by atoms with van der Waals surface area (Å²) < 4.78 is 0. The predicted octanol–water partition coefficient (Wildman–Crippen LogP) is -2.44. The van der Waals surface area contributed by atoms with Gasteiger partial charge in [0.05, 0.1) is 0 Å². The number of carbonyl (C=O) groups excluding carboxylic acids is 1. The van der Waals surface area contributed by atoms with Crippen LogP contribution in [0.1, 0.15) is 20.7 Å². The van der Waals surface area contributed by atoms with Crippen LogP contribution >= 0.6 is 0 Å². The minimum Gasteiger partial charge on any atom is -1.00 e. The molecule has 0 aromatic carbocycles. The van der Waals surface area contributed by atoms with Gasteiger partial charge in [-0.3, -0.25) is 4.79 Å². The molecule has 3 nitrogen and oxygen atoms in total. The number of hydrogen-bond acceptors (Lipinski definition) is 2. The molecule has 48 valence electrons. The van der Waals surface area contributed by atoms with E-state index in [0.29, 0.717) is 12.8 Å². The molecular formula is C5H9NaO3. The molecule has 0 radical (unpaired) electrons. The van der Waals surface area contributed by atoms with Gasteiger partial charge in [-0.25, -0.2) is 0 Å². The molecule has 0 aromatic rings. The minimum absolute atomic E-state index is 0. The second-order valence-electron chi connectivity index (χ2n) is 1.45. The molecule has 0 aromatic heterocycles. The van der Waals surface area contributed by atoms with Crippen molar-refractivity contribution in [1.29, 1.82) is 0 Å². The van der Waals surface area contributed by atoms with E-state index in [1.807, 2.05) is 0 Å². The Morgan fingerprint density at radius 2 is 2.22 bits per heavy atom. The van der Waals surface area contributed by atoms with E-state index in [1.54, 1.807) is 0 Å². The van der Waals surface area contributed by atoms with Gasteiger partial charge in [-0.15, -0.1) is 0 Å². The summed E-state index contributed by atoms with van der Waals surface area (Å²) in [5.74, 6) is -0.841. The van der Waals surface area contributed by atoms with E-state index in [-0.39, 0.29) is 37.4 Å². The first-order valence-corrected chi connectivity index (χ1v) is 2.43. The number of carboxylic acid groups (broad SMARTS) is 1. The van der Waals surface area contributed by atoms with Crippen LogP contribution in [0.2, 0.25) is 0 Å². The van der Waals surface area contributed by atoms with E-state index in [1.165, 1.54) is 0 Å². The van der Waals surface area contributed by atoms with Crippen molar-refractivity contribution in [2.24, 2.45) is 0 Å². The minimum atomic E-state index is -0.841. The van der Waals surface area contributed by atoms with Crippen molar-refractivity contribution in [3.63, 3.8) is 0 Å². The Morgan fingerprint density at radius 3 is 2.56 bits per heavy atom. The molecule has 0 amide bonds. The Morgan fingerprint density at radius 1 is 1.67 bits per heavy atom. The van der Waals surface area contributed by atoms with E-state index in [4.69, 9.17) is 5.11 Å². The fourth-order valence-electron chi connectivity index (χ4n) is 0.337. The number of hydrogen-bond donors (Lipinski definition) is 1. The summed E-state index contributed by atoms with van der Waals surface area (Å²) in [4.78, 5) is 19.4. The third kappa shape index (κ3) is 11.6. The summed E-state index contributed by atoms with van der Waals surface area (Å²) in [5.41, 5.74) is 0. The molecule has 1 N–H and O–H groups in total. The fraction of sp³-hybridized carbons (Fsp3) is 0.600. The summed E-state index contributed by atoms with van der Waals surface area (Å²) in [6.07, 6.45) is 1.63. The Kier molecular flexibility index (Phi) is 10.7. The first-order valence-electron chi connectivity index (χ1n) is 2.43. The average Bonchev–Trinajstić information content (AvgIpc) is 1.66. The van der Waals surface area contributed by atoms with Crippen LogP contribution < -0.4 is 29.6 Å². The van der Waals surface area contributed by atoms with Crippen molar-refractivity contribution in [2.45, 2.75) is 19.3 Å². The maximum atomic E-state index is 9.76. The summed E-state index contributed by atoms with van der Waals surface area (Å²) in [6, 6.07) is 0. The summed E-state index contributed by atoms with van der Waals surface area (Å²) in [5, 5.41) is 8.02. The third-order valence-corrected chi connectivity index (χ3v) is 0.713. The molecule has 0 atom stereocenters. The van der Waals surface area contributed by atoms with Crippen LogP contribution in [0.25, 0.3) is 0 Å². The van der Waals surface area contributed by atoms with Gasteiger partial charge in [0.2, 0.25) is 0 Å². The Balaban J connectivity index is -0.000000245. The van der Waals surface area contributed by atoms with Crippen LogP contribution in [0.4, 0.5) is 0 Å². The van der Waals surface area contributed by atoms with Crippen LogP contribution in [0.5, 0.6) is 0 Å². The molecule has 0 bridgehead atoms. The first kappa shape index (κ1) is 11.9. The Bertz CT molecular complexity index is 96.9. The van der Waals surface area contributed by atoms with Gasteiger partial charge >= 0.3 is 35.5 Å². The van der Waals surface area contributed by atoms with Gasteiger partial charge in [-0.1, -0.05) is 0 Å². The van der Waals surface area contributed by atoms with Gasteiger partial charge in [0.25, 0.3) is 0 Å². The molecule has 4 heteroatoms. The molecule has 0 saturated carbocycles. The van der Waals surface area contributed by atoms with Crippen LogP contribution in [0.3, 0.4) is 0 Å². The van der Waals surface area contributed by atoms with E-state index in [2.05, 4.69) is 0 Å². The topological polar surface area (TPSA) is 54.4 Å². The van der Waals surface area contributed by atoms with Crippen LogP contribution in [-0.4, -0.2) is 17.4 Å². The second-order valence-corrected chi connectivity index (χ2v) is 1.45. The van der Waals surface area contributed by atoms with E-state index in [9.17, 15) is 9.59 Å². The SMILES string of the molecule is O=CCCCC(=O)O.[H-].[Na+]. The molecule has 0 unspecified atom stereocenters. The Labute approximate surface area is 77.2 Å². The molecule has 0 fully saturated rings. The molecule has 0 saturated heterocycles. The zero-order valence-electron chi connectivity index (χ0n) is 6.46. The quantitative estimate of drug-likeness (QED) is 0.268. The Hall–Kier alpha value is 0.140. The maximum absolute atomic E-state index is 9.76. The zero-order chi connectivity index (χ0) is 6.41. The molecule has 9 heavy (non-hydrogen) atoms. The van der Waals surface area contributed by atoms with Crippen LogP contribution in [-0.2, 0) is 9.59 Å². The van der Waals surface area contributed by atoms with Crippen molar-refractivity contribution < 1.29 is 45.7 Å². The number of carbonyl (C=O) groups is 2.